The maximum absolute atomic E-state index is 10.3. The predicted molar refractivity (Wildman–Crippen MR) is 48.5 cm³/mol. The Morgan fingerprint density at radius 1 is 1.83 bits per heavy atom. The number of halogens is 1. The Morgan fingerprint density at radius 3 is 2.92 bits per heavy atom. The van der Waals surface area contributed by atoms with Crippen LogP contribution in [0.2, 0.25) is 4.34 Å². The van der Waals surface area contributed by atoms with E-state index in [0.29, 0.717) is 4.34 Å². The number of thiophene rings is 1. The Kier molecular flexibility index (Phi) is 3.08. The molecule has 0 aromatic carbocycles. The minimum Gasteiger partial charge on any atom is -0.481 e. The van der Waals surface area contributed by atoms with Crippen LogP contribution >= 0.6 is 22.9 Å². The van der Waals surface area contributed by atoms with Crippen LogP contribution in [0.4, 0.5) is 0 Å². The summed E-state index contributed by atoms with van der Waals surface area (Å²) in [5.41, 5.74) is 6.36. The highest BCUT2D eigenvalue weighted by atomic mass is 35.5. The maximum Gasteiger partial charge on any atom is 0.305 e. The normalized spacial score (nSPS) is 12.8. The number of carbonyl (C=O) groups is 1. The first-order valence-corrected chi connectivity index (χ1v) is 4.56. The Morgan fingerprint density at radius 2 is 2.50 bits per heavy atom. The van der Waals surface area contributed by atoms with E-state index in [-0.39, 0.29) is 6.42 Å². The summed E-state index contributed by atoms with van der Waals surface area (Å²) in [7, 11) is 0. The second-order valence-electron chi connectivity index (χ2n) is 2.39. The standard InChI is InChI=1S/C7H8ClNO2S/c8-6-1-4(3-12-6)5(9)2-7(10)11/h1,3,5H,2,9H2,(H,10,11). The molecule has 0 fully saturated rings. The third-order valence-electron chi connectivity index (χ3n) is 1.41. The molecular formula is C7H8ClNO2S. The highest BCUT2D eigenvalue weighted by Crippen LogP contribution is 2.24. The van der Waals surface area contributed by atoms with E-state index >= 15 is 0 Å². The molecule has 0 aliphatic rings. The van der Waals surface area contributed by atoms with Gasteiger partial charge in [0.05, 0.1) is 10.8 Å². The summed E-state index contributed by atoms with van der Waals surface area (Å²) in [5, 5.41) is 10.2. The average molecular weight is 206 g/mol. The van der Waals surface area contributed by atoms with Gasteiger partial charge in [-0.2, -0.15) is 0 Å². The maximum atomic E-state index is 10.3. The first-order valence-electron chi connectivity index (χ1n) is 3.31. The van der Waals surface area contributed by atoms with Gasteiger partial charge < -0.3 is 10.8 Å². The second kappa shape index (κ2) is 3.89. The van der Waals surface area contributed by atoms with E-state index in [1.807, 2.05) is 0 Å². The Bertz CT molecular complexity index is 287. The summed E-state index contributed by atoms with van der Waals surface area (Å²) < 4.78 is 0.630. The van der Waals surface area contributed by atoms with Crippen molar-refractivity contribution in [3.8, 4) is 0 Å². The lowest BCUT2D eigenvalue weighted by atomic mass is 10.1. The van der Waals surface area contributed by atoms with Gasteiger partial charge in [-0.1, -0.05) is 11.6 Å². The van der Waals surface area contributed by atoms with Crippen LogP contribution in [0.1, 0.15) is 18.0 Å². The van der Waals surface area contributed by atoms with E-state index in [1.165, 1.54) is 11.3 Å². The fourth-order valence-electron chi connectivity index (χ4n) is 0.824. The largest absolute Gasteiger partial charge is 0.481 e. The van der Waals surface area contributed by atoms with Crippen molar-refractivity contribution in [2.24, 2.45) is 5.73 Å². The third kappa shape index (κ3) is 2.48. The molecule has 1 atom stereocenters. The van der Waals surface area contributed by atoms with Crippen molar-refractivity contribution in [1.82, 2.24) is 0 Å². The monoisotopic (exact) mass is 205 g/mol. The van der Waals surface area contributed by atoms with Crippen molar-refractivity contribution in [3.63, 3.8) is 0 Å². The van der Waals surface area contributed by atoms with Gasteiger partial charge in [0, 0.05) is 6.04 Å². The number of nitrogens with two attached hydrogens (primary N) is 1. The lowest BCUT2D eigenvalue weighted by Crippen LogP contribution is -2.13. The van der Waals surface area contributed by atoms with Crippen LogP contribution in [0.5, 0.6) is 0 Å². The number of carboxylic acid groups (broad SMARTS) is 1. The van der Waals surface area contributed by atoms with Crippen LogP contribution in [0.25, 0.3) is 0 Å². The summed E-state index contributed by atoms with van der Waals surface area (Å²) in [5.74, 6) is -0.898. The quantitative estimate of drug-likeness (QED) is 0.792. The molecule has 3 nitrogen and oxygen atoms in total. The minimum absolute atomic E-state index is 0.0624. The molecule has 0 radical (unpaired) electrons. The highest BCUT2D eigenvalue weighted by Gasteiger charge is 2.11. The first-order chi connectivity index (χ1) is 5.59. The molecule has 0 aliphatic heterocycles. The smallest absolute Gasteiger partial charge is 0.305 e. The molecule has 0 spiro atoms. The Hall–Kier alpha value is -0.580. The topological polar surface area (TPSA) is 63.3 Å². The molecule has 0 bridgehead atoms. The van der Waals surface area contributed by atoms with Crippen molar-refractivity contribution < 1.29 is 9.90 Å². The van der Waals surface area contributed by atoms with Crippen molar-refractivity contribution in [1.29, 1.82) is 0 Å². The third-order valence-corrected chi connectivity index (χ3v) is 2.52. The molecule has 1 aromatic heterocycles. The molecular weight excluding hydrogens is 198 g/mol. The molecule has 1 heterocycles. The van der Waals surface area contributed by atoms with Gasteiger partial charge in [-0.3, -0.25) is 4.79 Å². The molecule has 0 amide bonds. The zero-order valence-corrected chi connectivity index (χ0v) is 7.73. The van der Waals surface area contributed by atoms with E-state index < -0.39 is 12.0 Å². The van der Waals surface area contributed by atoms with Crippen molar-refractivity contribution in [2.45, 2.75) is 12.5 Å². The van der Waals surface area contributed by atoms with Crippen LogP contribution < -0.4 is 5.73 Å². The summed E-state index contributed by atoms with van der Waals surface area (Å²) in [6.07, 6.45) is -0.0624. The zero-order chi connectivity index (χ0) is 9.14. The van der Waals surface area contributed by atoms with E-state index in [1.54, 1.807) is 11.4 Å². The summed E-state index contributed by atoms with van der Waals surface area (Å²) >= 11 is 7.01. The van der Waals surface area contributed by atoms with E-state index in [0.717, 1.165) is 5.56 Å². The predicted octanol–water partition coefficient (Wildman–Crippen LogP) is 1.88. The van der Waals surface area contributed by atoms with Gasteiger partial charge in [-0.25, -0.2) is 0 Å². The molecule has 1 aromatic rings. The number of aliphatic carboxylic acids is 1. The zero-order valence-electron chi connectivity index (χ0n) is 6.16. The van der Waals surface area contributed by atoms with Gasteiger partial charge in [-0.15, -0.1) is 11.3 Å². The van der Waals surface area contributed by atoms with Gasteiger partial charge >= 0.3 is 5.97 Å². The number of hydrogen-bond acceptors (Lipinski definition) is 3. The van der Waals surface area contributed by atoms with Crippen LogP contribution in [-0.2, 0) is 4.79 Å². The fourth-order valence-corrected chi connectivity index (χ4v) is 1.78. The fraction of sp³-hybridized carbons (Fsp3) is 0.286. The van der Waals surface area contributed by atoms with Gasteiger partial charge in [-0.05, 0) is 17.0 Å². The minimum atomic E-state index is -0.898. The molecule has 3 N–H and O–H groups in total. The summed E-state index contributed by atoms with van der Waals surface area (Å²) in [6, 6.07) is 1.24. The number of hydrogen-bond donors (Lipinski definition) is 2. The molecule has 1 rings (SSSR count). The van der Waals surface area contributed by atoms with Crippen LogP contribution in [0.15, 0.2) is 11.4 Å². The Balaban J connectivity index is 2.64. The van der Waals surface area contributed by atoms with E-state index in [9.17, 15) is 4.79 Å². The van der Waals surface area contributed by atoms with Crippen molar-refractivity contribution in [3.05, 3.63) is 21.3 Å². The summed E-state index contributed by atoms with van der Waals surface area (Å²) in [4.78, 5) is 10.3. The average Bonchev–Trinajstić information content (AvgIpc) is 2.34. The van der Waals surface area contributed by atoms with Crippen LogP contribution in [0, 0.1) is 0 Å². The van der Waals surface area contributed by atoms with E-state index in [2.05, 4.69) is 0 Å². The number of rotatable bonds is 3. The van der Waals surface area contributed by atoms with Gasteiger partial charge in [0.2, 0.25) is 0 Å². The summed E-state index contributed by atoms with van der Waals surface area (Å²) in [6.45, 7) is 0. The molecule has 0 aliphatic carbocycles. The van der Waals surface area contributed by atoms with Gasteiger partial charge in [0.25, 0.3) is 0 Å². The second-order valence-corrected chi connectivity index (χ2v) is 3.93. The van der Waals surface area contributed by atoms with Crippen LogP contribution in [-0.4, -0.2) is 11.1 Å². The van der Waals surface area contributed by atoms with Crippen molar-refractivity contribution >= 4 is 28.9 Å². The van der Waals surface area contributed by atoms with Gasteiger partial charge in [0.1, 0.15) is 0 Å². The van der Waals surface area contributed by atoms with E-state index in [4.69, 9.17) is 22.4 Å². The van der Waals surface area contributed by atoms with Crippen LogP contribution in [0.3, 0.4) is 0 Å². The highest BCUT2D eigenvalue weighted by molar-refractivity contribution is 7.14. The van der Waals surface area contributed by atoms with Crippen molar-refractivity contribution in [2.75, 3.05) is 0 Å². The molecule has 5 heteroatoms. The molecule has 0 saturated heterocycles. The molecule has 12 heavy (non-hydrogen) atoms. The first kappa shape index (κ1) is 9.51. The lowest BCUT2D eigenvalue weighted by molar-refractivity contribution is -0.137. The molecule has 0 saturated carbocycles. The molecule has 1 unspecified atom stereocenters. The SMILES string of the molecule is NC(CC(=O)O)c1csc(Cl)c1. The Labute approximate surface area is 78.8 Å². The lowest BCUT2D eigenvalue weighted by Gasteiger charge is -2.04. The number of carboxylic acids is 1. The van der Waals surface area contributed by atoms with Gasteiger partial charge in [0.15, 0.2) is 0 Å². The molecule has 66 valence electrons.